The second-order valence-corrected chi connectivity index (χ2v) is 6.50. The molecule has 4 aromatic rings. The van der Waals surface area contributed by atoms with E-state index in [0.717, 1.165) is 18.6 Å². The maximum atomic E-state index is 6.03. The van der Waals surface area contributed by atoms with Gasteiger partial charge in [0.1, 0.15) is 6.10 Å². The lowest BCUT2D eigenvalue weighted by Gasteiger charge is -2.26. The third-order valence-electron chi connectivity index (χ3n) is 4.82. The van der Waals surface area contributed by atoms with Gasteiger partial charge in [0.2, 0.25) is 5.82 Å². The van der Waals surface area contributed by atoms with Crippen molar-refractivity contribution in [2.45, 2.75) is 19.1 Å². The van der Waals surface area contributed by atoms with Gasteiger partial charge in [0.15, 0.2) is 5.82 Å². The van der Waals surface area contributed by atoms with Crippen LogP contribution in [-0.4, -0.2) is 26.3 Å². The van der Waals surface area contributed by atoms with Crippen LogP contribution in [-0.2, 0) is 17.7 Å². The van der Waals surface area contributed by atoms with Crippen molar-refractivity contribution in [3.63, 3.8) is 0 Å². The van der Waals surface area contributed by atoms with Crippen molar-refractivity contribution < 1.29 is 9.26 Å². The highest BCUT2D eigenvalue weighted by Crippen LogP contribution is 2.30. The van der Waals surface area contributed by atoms with Gasteiger partial charge in [-0.15, -0.1) is 0 Å². The molecule has 6 heteroatoms. The van der Waals surface area contributed by atoms with Crippen molar-refractivity contribution in [3.8, 4) is 23.1 Å². The molecule has 0 saturated heterocycles. The number of aromatic nitrogens is 4. The number of fused-ring (bicyclic) bond motifs is 1. The normalized spacial score (nSPS) is 16.2. The molecule has 0 bridgehead atoms. The molecule has 1 aliphatic rings. The first-order valence-corrected chi connectivity index (χ1v) is 8.98. The highest BCUT2D eigenvalue weighted by atomic mass is 16.5. The highest BCUT2D eigenvalue weighted by molar-refractivity contribution is 5.56. The van der Waals surface area contributed by atoms with E-state index >= 15 is 0 Å². The summed E-state index contributed by atoms with van der Waals surface area (Å²) in [5.74, 6) is 1.61. The van der Waals surface area contributed by atoms with Crippen molar-refractivity contribution in [1.29, 1.82) is 0 Å². The van der Waals surface area contributed by atoms with Gasteiger partial charge in [0, 0.05) is 18.0 Å². The Balaban J connectivity index is 1.44. The van der Waals surface area contributed by atoms with Gasteiger partial charge < -0.3 is 13.8 Å². The predicted molar refractivity (Wildman–Crippen MR) is 99.8 cm³/mol. The van der Waals surface area contributed by atoms with E-state index in [1.807, 2.05) is 41.1 Å². The molecule has 0 radical (unpaired) electrons. The summed E-state index contributed by atoms with van der Waals surface area (Å²) in [6.07, 6.45) is 4.60. The van der Waals surface area contributed by atoms with Crippen molar-refractivity contribution >= 4 is 0 Å². The molecule has 1 aliphatic heterocycles. The van der Waals surface area contributed by atoms with E-state index in [1.54, 1.807) is 6.20 Å². The van der Waals surface area contributed by atoms with Crippen LogP contribution in [0.15, 0.2) is 71.5 Å². The minimum absolute atomic E-state index is 0.0144. The third-order valence-corrected chi connectivity index (χ3v) is 4.82. The number of benzene rings is 2. The van der Waals surface area contributed by atoms with Gasteiger partial charge in [-0.05, 0) is 17.5 Å². The molecule has 5 rings (SSSR count). The molecule has 0 aliphatic carbocycles. The van der Waals surface area contributed by atoms with Crippen LogP contribution >= 0.6 is 0 Å². The Kier molecular flexibility index (Phi) is 4.03. The summed E-state index contributed by atoms with van der Waals surface area (Å²) in [7, 11) is 0. The molecule has 0 fully saturated rings. The smallest absolute Gasteiger partial charge is 0.294 e. The van der Waals surface area contributed by atoms with Crippen LogP contribution in [0.4, 0.5) is 0 Å². The minimum atomic E-state index is -0.0144. The van der Waals surface area contributed by atoms with Crippen molar-refractivity contribution in [1.82, 2.24) is 19.7 Å². The maximum Gasteiger partial charge on any atom is 0.294 e. The Hall–Kier alpha value is -3.25. The minimum Gasteiger partial charge on any atom is -0.371 e. The van der Waals surface area contributed by atoms with Crippen LogP contribution in [0, 0.1) is 0 Å². The standard InChI is InChI=1S/C21H18N4O2/c1-2-7-16(8-3-1)19-23-21(27-24-19)20-22-11-12-25(20)14-18-17-9-5-4-6-15(17)10-13-26-18/h1-9,11-12,18H,10,13-14H2/t18-/m1/s1. The molecule has 2 aromatic carbocycles. The Morgan fingerprint density at radius 1 is 1.04 bits per heavy atom. The molecule has 1 atom stereocenters. The Bertz CT molecular complexity index is 1050. The zero-order valence-electron chi connectivity index (χ0n) is 14.7. The van der Waals surface area contributed by atoms with Gasteiger partial charge in [-0.2, -0.15) is 4.98 Å². The summed E-state index contributed by atoms with van der Waals surface area (Å²) >= 11 is 0. The summed E-state index contributed by atoms with van der Waals surface area (Å²) < 4.78 is 13.5. The lowest BCUT2D eigenvalue weighted by molar-refractivity contribution is 0.0308. The molecule has 134 valence electrons. The molecule has 0 unspecified atom stereocenters. The van der Waals surface area contributed by atoms with Gasteiger partial charge in [-0.1, -0.05) is 59.8 Å². The van der Waals surface area contributed by atoms with Gasteiger partial charge in [0.05, 0.1) is 13.2 Å². The lowest BCUT2D eigenvalue weighted by atomic mass is 9.97. The molecular formula is C21H18N4O2. The van der Waals surface area contributed by atoms with Crippen molar-refractivity contribution in [2.24, 2.45) is 0 Å². The van der Waals surface area contributed by atoms with Crippen LogP contribution in [0.1, 0.15) is 17.2 Å². The summed E-state index contributed by atoms with van der Waals surface area (Å²) in [6.45, 7) is 1.37. The number of hydrogen-bond donors (Lipinski definition) is 0. The van der Waals surface area contributed by atoms with Gasteiger partial charge in [0.25, 0.3) is 5.89 Å². The highest BCUT2D eigenvalue weighted by Gasteiger charge is 2.23. The quantitative estimate of drug-likeness (QED) is 0.553. The molecule has 0 saturated carbocycles. The zero-order chi connectivity index (χ0) is 18.1. The van der Waals surface area contributed by atoms with Crippen LogP contribution in [0.25, 0.3) is 23.1 Å². The lowest BCUT2D eigenvalue weighted by Crippen LogP contribution is -2.20. The topological polar surface area (TPSA) is 66.0 Å². The second kappa shape index (κ2) is 6.81. The SMILES string of the molecule is c1ccc(-c2noc(-c3nccn3C[C@H]3OCCc4ccccc43)n2)cc1. The van der Waals surface area contributed by atoms with Gasteiger partial charge in [-0.25, -0.2) is 4.98 Å². The average Bonchev–Trinajstić information content (AvgIpc) is 3.38. The third kappa shape index (κ3) is 3.04. The van der Waals surface area contributed by atoms with Gasteiger partial charge in [-0.3, -0.25) is 0 Å². The molecule has 3 heterocycles. The fourth-order valence-electron chi connectivity index (χ4n) is 3.48. The number of ether oxygens (including phenoxy) is 1. The van der Waals surface area contributed by atoms with Crippen molar-refractivity contribution in [2.75, 3.05) is 6.61 Å². The van der Waals surface area contributed by atoms with Crippen LogP contribution in [0.5, 0.6) is 0 Å². The second-order valence-electron chi connectivity index (χ2n) is 6.50. The maximum absolute atomic E-state index is 6.03. The average molecular weight is 358 g/mol. The van der Waals surface area contributed by atoms with Crippen LogP contribution in [0.3, 0.4) is 0 Å². The number of nitrogens with zero attached hydrogens (tertiary/aromatic N) is 4. The molecule has 0 spiro atoms. The van der Waals surface area contributed by atoms with Crippen LogP contribution in [0.2, 0.25) is 0 Å². The fraction of sp³-hybridized carbons (Fsp3) is 0.190. The number of rotatable bonds is 4. The Morgan fingerprint density at radius 2 is 1.89 bits per heavy atom. The molecular weight excluding hydrogens is 340 g/mol. The first-order chi connectivity index (χ1) is 13.4. The van der Waals surface area contributed by atoms with E-state index in [2.05, 4.69) is 39.4 Å². The summed E-state index contributed by atoms with van der Waals surface area (Å²) in [5.41, 5.74) is 3.49. The Labute approximate surface area is 156 Å². The molecule has 2 aromatic heterocycles. The fourth-order valence-corrected chi connectivity index (χ4v) is 3.48. The van der Waals surface area contributed by atoms with E-state index in [1.165, 1.54) is 11.1 Å². The first kappa shape index (κ1) is 16.0. The summed E-state index contributed by atoms with van der Waals surface area (Å²) in [4.78, 5) is 8.95. The monoisotopic (exact) mass is 358 g/mol. The zero-order valence-corrected chi connectivity index (χ0v) is 14.7. The van der Waals surface area contributed by atoms with Crippen LogP contribution < -0.4 is 0 Å². The van der Waals surface area contributed by atoms with E-state index in [9.17, 15) is 0 Å². The van der Waals surface area contributed by atoms with E-state index in [0.29, 0.717) is 24.1 Å². The summed E-state index contributed by atoms with van der Waals surface area (Å²) in [6, 6.07) is 18.2. The molecule has 0 N–H and O–H groups in total. The number of hydrogen-bond acceptors (Lipinski definition) is 5. The molecule has 0 amide bonds. The molecule has 6 nitrogen and oxygen atoms in total. The van der Waals surface area contributed by atoms with Gasteiger partial charge >= 0.3 is 0 Å². The number of imidazole rings is 1. The van der Waals surface area contributed by atoms with E-state index in [-0.39, 0.29) is 6.10 Å². The Morgan fingerprint density at radius 3 is 2.81 bits per heavy atom. The summed E-state index contributed by atoms with van der Waals surface area (Å²) in [5, 5.41) is 4.10. The van der Waals surface area contributed by atoms with E-state index in [4.69, 9.17) is 9.26 Å². The predicted octanol–water partition coefficient (Wildman–Crippen LogP) is 3.91. The van der Waals surface area contributed by atoms with E-state index < -0.39 is 0 Å². The molecule has 27 heavy (non-hydrogen) atoms. The van der Waals surface area contributed by atoms with Crippen molar-refractivity contribution in [3.05, 3.63) is 78.1 Å². The first-order valence-electron chi connectivity index (χ1n) is 8.98. The largest absolute Gasteiger partial charge is 0.371 e.